The van der Waals surface area contributed by atoms with Crippen LogP contribution in [-0.4, -0.2) is 12.6 Å². The Bertz CT molecular complexity index is 237. The Morgan fingerprint density at radius 2 is 1.30 bits per heavy atom. The molecule has 1 N–H and O–H groups in total. The van der Waals surface area contributed by atoms with Gasteiger partial charge in [0.05, 0.1) is 0 Å². The predicted molar refractivity (Wildman–Crippen MR) is 91.9 cm³/mol. The van der Waals surface area contributed by atoms with E-state index < -0.39 is 0 Å². The molecule has 0 amide bonds. The summed E-state index contributed by atoms with van der Waals surface area (Å²) in [5.41, 5.74) is 0. The Kier molecular flexibility index (Phi) is 13.2. The monoisotopic (exact) mass is 279 g/mol. The molecular weight excluding hydrogens is 242 g/mol. The van der Waals surface area contributed by atoms with Gasteiger partial charge in [0.15, 0.2) is 0 Å². The lowest BCUT2D eigenvalue weighted by atomic mass is 9.91. The van der Waals surface area contributed by atoms with Crippen LogP contribution in [0.15, 0.2) is 0 Å². The van der Waals surface area contributed by atoms with Crippen molar-refractivity contribution in [2.45, 2.75) is 91.5 Å². The maximum Gasteiger partial charge on any atom is 0.0223 e. The zero-order chi connectivity index (χ0) is 15.2. The molecule has 1 unspecified atom stereocenters. The molecule has 0 aromatic carbocycles. The van der Waals surface area contributed by atoms with Crippen molar-refractivity contribution in [1.82, 2.24) is 5.32 Å². The Morgan fingerprint density at radius 1 is 0.800 bits per heavy atom. The van der Waals surface area contributed by atoms with E-state index in [0.717, 1.165) is 0 Å². The summed E-state index contributed by atoms with van der Waals surface area (Å²) in [6.07, 6.45) is 17.8. The molecular formula is C19H37N. The van der Waals surface area contributed by atoms with Gasteiger partial charge in [-0.25, -0.2) is 0 Å². The molecule has 0 radical (unpaired) electrons. The van der Waals surface area contributed by atoms with Gasteiger partial charge in [0, 0.05) is 12.0 Å². The first kappa shape index (κ1) is 19.5. The Morgan fingerprint density at radius 3 is 1.75 bits per heavy atom. The summed E-state index contributed by atoms with van der Waals surface area (Å²) >= 11 is 0. The van der Waals surface area contributed by atoms with Crippen LogP contribution in [0.2, 0.25) is 0 Å². The SMILES string of the molecule is C#CC(CCCCCCCCCCNC(C)C)C(C)C. The van der Waals surface area contributed by atoms with Gasteiger partial charge in [0.25, 0.3) is 0 Å². The number of rotatable bonds is 13. The molecule has 0 aliphatic rings. The second-order valence-electron chi connectivity index (χ2n) is 6.74. The molecule has 0 rings (SSSR count). The van der Waals surface area contributed by atoms with Crippen LogP contribution in [0.5, 0.6) is 0 Å². The molecule has 1 nitrogen and oxygen atoms in total. The third-order valence-corrected chi connectivity index (χ3v) is 4.01. The van der Waals surface area contributed by atoms with Crippen molar-refractivity contribution in [2.24, 2.45) is 11.8 Å². The summed E-state index contributed by atoms with van der Waals surface area (Å²) < 4.78 is 0. The standard InChI is InChI=1S/C19H37N/c1-6-19(17(2)3)15-13-11-9-7-8-10-12-14-16-20-18(4)5/h1,17-20H,7-16H2,2-5H3. The topological polar surface area (TPSA) is 12.0 Å². The second kappa shape index (κ2) is 13.5. The molecule has 118 valence electrons. The molecule has 0 heterocycles. The molecule has 0 aliphatic heterocycles. The Hall–Kier alpha value is -0.480. The summed E-state index contributed by atoms with van der Waals surface area (Å²) in [5, 5.41) is 3.47. The van der Waals surface area contributed by atoms with Crippen LogP contribution < -0.4 is 5.32 Å². The van der Waals surface area contributed by atoms with Crippen molar-refractivity contribution < 1.29 is 0 Å². The van der Waals surface area contributed by atoms with Crippen molar-refractivity contribution in [3.8, 4) is 12.3 Å². The van der Waals surface area contributed by atoms with Gasteiger partial charge >= 0.3 is 0 Å². The molecule has 1 atom stereocenters. The highest BCUT2D eigenvalue weighted by Gasteiger charge is 2.08. The molecule has 0 bridgehead atoms. The van der Waals surface area contributed by atoms with Crippen molar-refractivity contribution in [3.63, 3.8) is 0 Å². The van der Waals surface area contributed by atoms with Crippen molar-refractivity contribution >= 4 is 0 Å². The van der Waals surface area contributed by atoms with E-state index in [1.165, 1.54) is 64.3 Å². The highest BCUT2D eigenvalue weighted by Crippen LogP contribution is 2.18. The van der Waals surface area contributed by atoms with Crippen LogP contribution in [0.1, 0.15) is 85.5 Å². The molecule has 20 heavy (non-hydrogen) atoms. The maximum absolute atomic E-state index is 5.56. The molecule has 1 heteroatoms. The number of nitrogens with one attached hydrogen (secondary N) is 1. The third kappa shape index (κ3) is 12.5. The number of hydrogen-bond donors (Lipinski definition) is 1. The fourth-order valence-electron chi connectivity index (χ4n) is 2.55. The zero-order valence-electron chi connectivity index (χ0n) is 14.4. The predicted octanol–water partition coefficient (Wildman–Crippen LogP) is 5.40. The minimum absolute atomic E-state index is 0.489. The van der Waals surface area contributed by atoms with Crippen molar-refractivity contribution in [3.05, 3.63) is 0 Å². The van der Waals surface area contributed by atoms with Gasteiger partial charge in [0.2, 0.25) is 0 Å². The molecule has 0 aromatic heterocycles. The first-order chi connectivity index (χ1) is 9.57. The van der Waals surface area contributed by atoms with E-state index in [1.807, 2.05) is 0 Å². The zero-order valence-corrected chi connectivity index (χ0v) is 14.4. The lowest BCUT2D eigenvalue weighted by Crippen LogP contribution is -2.23. The molecule has 0 aliphatic carbocycles. The van der Waals surface area contributed by atoms with E-state index in [2.05, 4.69) is 38.9 Å². The van der Waals surface area contributed by atoms with E-state index in [4.69, 9.17) is 6.42 Å². The molecule has 0 spiro atoms. The fraction of sp³-hybridized carbons (Fsp3) is 0.895. The van der Waals surface area contributed by atoms with Gasteiger partial charge in [0.1, 0.15) is 0 Å². The normalized spacial score (nSPS) is 12.8. The lowest BCUT2D eigenvalue weighted by molar-refractivity contribution is 0.425. The molecule has 0 saturated heterocycles. The summed E-state index contributed by atoms with van der Waals surface area (Å²) in [4.78, 5) is 0. The maximum atomic E-state index is 5.56. The number of unbranched alkanes of at least 4 members (excludes halogenated alkanes) is 7. The molecule has 0 saturated carbocycles. The highest BCUT2D eigenvalue weighted by molar-refractivity contribution is 4.94. The summed E-state index contributed by atoms with van der Waals surface area (Å²) in [6.45, 7) is 10.1. The van der Waals surface area contributed by atoms with E-state index in [1.54, 1.807) is 0 Å². The van der Waals surface area contributed by atoms with Crippen molar-refractivity contribution in [2.75, 3.05) is 6.54 Å². The largest absolute Gasteiger partial charge is 0.315 e. The summed E-state index contributed by atoms with van der Waals surface area (Å²) in [5.74, 6) is 4.06. The minimum Gasteiger partial charge on any atom is -0.315 e. The van der Waals surface area contributed by atoms with E-state index in [0.29, 0.717) is 17.9 Å². The second-order valence-corrected chi connectivity index (χ2v) is 6.74. The van der Waals surface area contributed by atoms with Crippen LogP contribution in [-0.2, 0) is 0 Å². The van der Waals surface area contributed by atoms with Crippen LogP contribution in [0.3, 0.4) is 0 Å². The average molecular weight is 280 g/mol. The average Bonchev–Trinajstić information content (AvgIpc) is 2.39. The first-order valence-electron chi connectivity index (χ1n) is 8.77. The van der Waals surface area contributed by atoms with Gasteiger partial charge in [-0.2, -0.15) is 0 Å². The van der Waals surface area contributed by atoms with E-state index in [9.17, 15) is 0 Å². The van der Waals surface area contributed by atoms with Crippen LogP contribution in [0, 0.1) is 24.2 Å². The van der Waals surface area contributed by atoms with Gasteiger partial charge in [-0.05, 0) is 25.3 Å². The summed E-state index contributed by atoms with van der Waals surface area (Å²) in [7, 11) is 0. The molecule has 0 aromatic rings. The number of terminal acetylenes is 1. The fourth-order valence-corrected chi connectivity index (χ4v) is 2.55. The van der Waals surface area contributed by atoms with Gasteiger partial charge < -0.3 is 5.32 Å². The van der Waals surface area contributed by atoms with E-state index in [-0.39, 0.29) is 0 Å². The van der Waals surface area contributed by atoms with Gasteiger partial charge in [-0.3, -0.25) is 0 Å². The Labute approximate surface area is 128 Å². The quantitative estimate of drug-likeness (QED) is 0.351. The van der Waals surface area contributed by atoms with E-state index >= 15 is 0 Å². The molecule has 0 fully saturated rings. The summed E-state index contributed by atoms with van der Waals surface area (Å²) in [6, 6.07) is 0.632. The van der Waals surface area contributed by atoms with Crippen molar-refractivity contribution in [1.29, 1.82) is 0 Å². The van der Waals surface area contributed by atoms with Gasteiger partial charge in [-0.15, -0.1) is 12.3 Å². The van der Waals surface area contributed by atoms with Crippen LogP contribution in [0.4, 0.5) is 0 Å². The first-order valence-corrected chi connectivity index (χ1v) is 8.77. The third-order valence-electron chi connectivity index (χ3n) is 4.01. The Balaban J connectivity index is 3.19. The smallest absolute Gasteiger partial charge is 0.0223 e. The lowest BCUT2D eigenvalue weighted by Gasteiger charge is -2.13. The number of hydrogen-bond acceptors (Lipinski definition) is 1. The highest BCUT2D eigenvalue weighted by atomic mass is 14.9. The minimum atomic E-state index is 0.489. The van der Waals surface area contributed by atoms with Crippen LogP contribution in [0.25, 0.3) is 0 Å². The van der Waals surface area contributed by atoms with Gasteiger partial charge in [-0.1, -0.05) is 72.6 Å². The van der Waals surface area contributed by atoms with Crippen LogP contribution >= 0.6 is 0 Å².